The average Bonchev–Trinajstić information content (AvgIpc) is 2.32. The van der Waals surface area contributed by atoms with E-state index in [0.29, 0.717) is 5.82 Å². The summed E-state index contributed by atoms with van der Waals surface area (Å²) in [5.41, 5.74) is 2.13. The summed E-state index contributed by atoms with van der Waals surface area (Å²) in [7, 11) is 0. The predicted molar refractivity (Wildman–Crippen MR) is 60.0 cm³/mol. The SMILES string of the molecule is CC#Cc1ncc(-c2ccccc2)cn1. The van der Waals surface area contributed by atoms with E-state index < -0.39 is 0 Å². The Hall–Kier alpha value is -2.14. The molecule has 0 aliphatic carbocycles. The molecule has 15 heavy (non-hydrogen) atoms. The Kier molecular flexibility index (Phi) is 2.75. The highest BCUT2D eigenvalue weighted by atomic mass is 14.8. The highest BCUT2D eigenvalue weighted by Crippen LogP contribution is 2.15. The van der Waals surface area contributed by atoms with Crippen molar-refractivity contribution in [1.29, 1.82) is 0 Å². The maximum atomic E-state index is 4.16. The van der Waals surface area contributed by atoms with Gasteiger partial charge in [0.15, 0.2) is 0 Å². The molecule has 0 bridgehead atoms. The molecule has 1 heterocycles. The maximum Gasteiger partial charge on any atom is 0.204 e. The van der Waals surface area contributed by atoms with Gasteiger partial charge in [0.25, 0.3) is 0 Å². The molecule has 2 aromatic rings. The molecule has 0 atom stereocenters. The molecule has 0 spiro atoms. The summed E-state index contributed by atoms with van der Waals surface area (Å²) in [5, 5.41) is 0. The molecule has 2 nitrogen and oxygen atoms in total. The first-order valence-corrected chi connectivity index (χ1v) is 4.70. The molecule has 0 aliphatic heterocycles. The summed E-state index contributed by atoms with van der Waals surface area (Å²) < 4.78 is 0. The van der Waals surface area contributed by atoms with Crippen LogP contribution in [-0.2, 0) is 0 Å². The summed E-state index contributed by atoms with van der Waals surface area (Å²) in [6.45, 7) is 1.77. The van der Waals surface area contributed by atoms with E-state index in [-0.39, 0.29) is 0 Å². The molecule has 0 aliphatic rings. The molecule has 2 rings (SSSR count). The monoisotopic (exact) mass is 194 g/mol. The van der Waals surface area contributed by atoms with E-state index in [1.807, 2.05) is 30.3 Å². The van der Waals surface area contributed by atoms with Gasteiger partial charge >= 0.3 is 0 Å². The Labute approximate surface area is 89.0 Å². The third-order valence-electron chi connectivity index (χ3n) is 2.00. The molecule has 0 radical (unpaired) electrons. The molecule has 1 aromatic heterocycles. The Balaban J connectivity index is 2.35. The predicted octanol–water partition coefficient (Wildman–Crippen LogP) is 2.52. The molecule has 0 unspecified atom stereocenters. The van der Waals surface area contributed by atoms with Crippen molar-refractivity contribution in [3.8, 4) is 23.0 Å². The summed E-state index contributed by atoms with van der Waals surface area (Å²) >= 11 is 0. The van der Waals surface area contributed by atoms with Crippen LogP contribution in [0.3, 0.4) is 0 Å². The Morgan fingerprint density at radius 3 is 2.20 bits per heavy atom. The largest absolute Gasteiger partial charge is 0.229 e. The van der Waals surface area contributed by atoms with Gasteiger partial charge in [0, 0.05) is 18.0 Å². The molecule has 2 heteroatoms. The fraction of sp³-hybridized carbons (Fsp3) is 0.0769. The van der Waals surface area contributed by atoms with E-state index in [9.17, 15) is 0 Å². The molecule has 0 N–H and O–H groups in total. The Morgan fingerprint density at radius 2 is 1.60 bits per heavy atom. The van der Waals surface area contributed by atoms with Crippen molar-refractivity contribution in [3.05, 3.63) is 48.5 Å². The van der Waals surface area contributed by atoms with Gasteiger partial charge in [-0.05, 0) is 18.4 Å². The van der Waals surface area contributed by atoms with Crippen LogP contribution in [0.4, 0.5) is 0 Å². The van der Waals surface area contributed by atoms with Crippen molar-refractivity contribution in [2.45, 2.75) is 6.92 Å². The molecule has 0 fully saturated rings. The third kappa shape index (κ3) is 2.21. The maximum absolute atomic E-state index is 4.16. The summed E-state index contributed by atoms with van der Waals surface area (Å²) in [6, 6.07) is 10.0. The van der Waals surface area contributed by atoms with Crippen LogP contribution in [0.2, 0.25) is 0 Å². The smallest absolute Gasteiger partial charge is 0.204 e. The fourth-order valence-corrected chi connectivity index (χ4v) is 1.28. The number of hydrogen-bond acceptors (Lipinski definition) is 2. The lowest BCUT2D eigenvalue weighted by atomic mass is 10.1. The number of aromatic nitrogens is 2. The van der Waals surface area contributed by atoms with Gasteiger partial charge in [-0.15, -0.1) is 0 Å². The fourth-order valence-electron chi connectivity index (χ4n) is 1.28. The summed E-state index contributed by atoms with van der Waals surface area (Å²) in [5.74, 6) is 6.15. The minimum atomic E-state index is 0.567. The van der Waals surface area contributed by atoms with Gasteiger partial charge in [-0.1, -0.05) is 36.3 Å². The molecule has 0 amide bonds. The van der Waals surface area contributed by atoms with Crippen LogP contribution >= 0.6 is 0 Å². The van der Waals surface area contributed by atoms with E-state index in [1.54, 1.807) is 19.3 Å². The first kappa shape index (κ1) is 9.42. The third-order valence-corrected chi connectivity index (χ3v) is 2.00. The van der Waals surface area contributed by atoms with E-state index in [0.717, 1.165) is 11.1 Å². The molecule has 0 saturated heterocycles. The quantitative estimate of drug-likeness (QED) is 0.652. The normalized spacial score (nSPS) is 9.13. The second kappa shape index (κ2) is 4.39. The van der Waals surface area contributed by atoms with Crippen LogP contribution in [0.5, 0.6) is 0 Å². The highest BCUT2D eigenvalue weighted by molar-refractivity contribution is 5.61. The van der Waals surface area contributed by atoms with Crippen LogP contribution in [0.25, 0.3) is 11.1 Å². The zero-order chi connectivity index (χ0) is 10.5. The van der Waals surface area contributed by atoms with Crippen molar-refractivity contribution < 1.29 is 0 Å². The van der Waals surface area contributed by atoms with Crippen LogP contribution in [0, 0.1) is 11.8 Å². The molecule has 72 valence electrons. The van der Waals surface area contributed by atoms with Gasteiger partial charge in [0.1, 0.15) is 0 Å². The average molecular weight is 194 g/mol. The van der Waals surface area contributed by atoms with Crippen LogP contribution in [0.15, 0.2) is 42.7 Å². The minimum Gasteiger partial charge on any atom is -0.229 e. The molecule has 1 aromatic carbocycles. The van der Waals surface area contributed by atoms with Crippen LogP contribution in [-0.4, -0.2) is 9.97 Å². The zero-order valence-electron chi connectivity index (χ0n) is 8.44. The summed E-state index contributed by atoms with van der Waals surface area (Å²) in [6.07, 6.45) is 3.59. The lowest BCUT2D eigenvalue weighted by Crippen LogP contribution is -1.88. The van der Waals surface area contributed by atoms with Crippen molar-refractivity contribution in [1.82, 2.24) is 9.97 Å². The molecular formula is C13H10N2. The van der Waals surface area contributed by atoms with E-state index >= 15 is 0 Å². The van der Waals surface area contributed by atoms with E-state index in [1.165, 1.54) is 0 Å². The van der Waals surface area contributed by atoms with Gasteiger partial charge < -0.3 is 0 Å². The van der Waals surface area contributed by atoms with Crippen LogP contribution < -0.4 is 0 Å². The second-order valence-electron chi connectivity index (χ2n) is 3.04. The number of rotatable bonds is 1. The standard InChI is InChI=1S/C13H10N2/c1-2-6-13-14-9-12(10-15-13)11-7-4-3-5-8-11/h3-5,7-10H,1H3. The van der Waals surface area contributed by atoms with Crippen molar-refractivity contribution in [2.75, 3.05) is 0 Å². The van der Waals surface area contributed by atoms with E-state index in [4.69, 9.17) is 0 Å². The Morgan fingerprint density at radius 1 is 0.933 bits per heavy atom. The number of hydrogen-bond donors (Lipinski definition) is 0. The Bertz CT molecular complexity index is 490. The number of nitrogens with zero attached hydrogens (tertiary/aromatic N) is 2. The second-order valence-corrected chi connectivity index (χ2v) is 3.04. The molecular weight excluding hydrogens is 184 g/mol. The lowest BCUT2D eigenvalue weighted by molar-refractivity contribution is 1.13. The minimum absolute atomic E-state index is 0.567. The van der Waals surface area contributed by atoms with Gasteiger partial charge in [-0.25, -0.2) is 9.97 Å². The van der Waals surface area contributed by atoms with Crippen molar-refractivity contribution >= 4 is 0 Å². The molecule has 0 saturated carbocycles. The summed E-state index contributed by atoms with van der Waals surface area (Å²) in [4.78, 5) is 8.32. The van der Waals surface area contributed by atoms with Crippen LogP contribution in [0.1, 0.15) is 12.7 Å². The first-order chi connectivity index (χ1) is 7.40. The lowest BCUT2D eigenvalue weighted by Gasteiger charge is -1.99. The van der Waals surface area contributed by atoms with E-state index in [2.05, 4.69) is 21.8 Å². The first-order valence-electron chi connectivity index (χ1n) is 4.70. The van der Waals surface area contributed by atoms with Gasteiger partial charge in [0.05, 0.1) is 0 Å². The van der Waals surface area contributed by atoms with Crippen molar-refractivity contribution in [3.63, 3.8) is 0 Å². The zero-order valence-corrected chi connectivity index (χ0v) is 8.44. The van der Waals surface area contributed by atoms with Gasteiger partial charge in [-0.3, -0.25) is 0 Å². The topological polar surface area (TPSA) is 25.8 Å². The highest BCUT2D eigenvalue weighted by Gasteiger charge is 1.97. The van der Waals surface area contributed by atoms with Gasteiger partial charge in [-0.2, -0.15) is 0 Å². The van der Waals surface area contributed by atoms with Gasteiger partial charge in [0.2, 0.25) is 5.82 Å². The van der Waals surface area contributed by atoms with Crippen molar-refractivity contribution in [2.24, 2.45) is 0 Å². The number of benzene rings is 1.